The summed E-state index contributed by atoms with van der Waals surface area (Å²) in [7, 11) is 0. The van der Waals surface area contributed by atoms with Crippen molar-refractivity contribution in [1.29, 1.82) is 0 Å². The number of pyridine rings is 2. The summed E-state index contributed by atoms with van der Waals surface area (Å²) in [6, 6.07) is 20.6. The van der Waals surface area contributed by atoms with E-state index in [4.69, 9.17) is 11.6 Å². The van der Waals surface area contributed by atoms with Gasteiger partial charge in [0.25, 0.3) is 0 Å². The molecule has 0 amide bonds. The fraction of sp³-hybridized carbons (Fsp3) is 0.0909. The van der Waals surface area contributed by atoms with Crippen LogP contribution in [-0.4, -0.2) is 15.1 Å². The van der Waals surface area contributed by atoms with Crippen molar-refractivity contribution < 1.29 is 5.11 Å². The maximum atomic E-state index is 11.0. The lowest BCUT2D eigenvalue weighted by Gasteiger charge is -2.23. The van der Waals surface area contributed by atoms with Gasteiger partial charge in [-0.3, -0.25) is 0 Å². The van der Waals surface area contributed by atoms with E-state index in [1.54, 1.807) is 6.20 Å². The molecule has 27 heavy (non-hydrogen) atoms. The summed E-state index contributed by atoms with van der Waals surface area (Å²) < 4.78 is 0. The van der Waals surface area contributed by atoms with Crippen LogP contribution in [0.1, 0.15) is 22.9 Å². The van der Waals surface area contributed by atoms with Crippen LogP contribution in [0.15, 0.2) is 72.9 Å². The van der Waals surface area contributed by atoms with Crippen molar-refractivity contribution in [2.75, 3.05) is 5.32 Å². The Hall–Kier alpha value is -3.11. The summed E-state index contributed by atoms with van der Waals surface area (Å²) in [4.78, 5) is 8.87. The van der Waals surface area contributed by atoms with E-state index in [2.05, 4.69) is 15.3 Å². The monoisotopic (exact) mass is 375 g/mol. The van der Waals surface area contributed by atoms with Crippen molar-refractivity contribution in [3.63, 3.8) is 0 Å². The van der Waals surface area contributed by atoms with Crippen molar-refractivity contribution in [2.45, 2.75) is 13.0 Å². The lowest BCUT2D eigenvalue weighted by atomic mass is 9.96. The zero-order chi connectivity index (χ0) is 18.8. The predicted octanol–water partition coefficient (Wildman–Crippen LogP) is 5.50. The van der Waals surface area contributed by atoms with Crippen molar-refractivity contribution in [3.8, 4) is 5.75 Å². The van der Waals surface area contributed by atoms with E-state index < -0.39 is 0 Å². The molecular formula is C22H18ClN3O. The minimum Gasteiger partial charge on any atom is -0.505 e. The van der Waals surface area contributed by atoms with Gasteiger partial charge in [-0.15, -0.1) is 0 Å². The summed E-state index contributed by atoms with van der Waals surface area (Å²) in [6.45, 7) is 1.91. The Bertz CT molecular complexity index is 1100. The summed E-state index contributed by atoms with van der Waals surface area (Å²) in [5, 5.41) is 15.9. The molecular weight excluding hydrogens is 358 g/mol. The van der Waals surface area contributed by atoms with E-state index in [0.29, 0.717) is 21.9 Å². The van der Waals surface area contributed by atoms with E-state index >= 15 is 0 Å². The fourth-order valence-corrected chi connectivity index (χ4v) is 3.39. The number of aryl methyl sites for hydroxylation is 1. The van der Waals surface area contributed by atoms with Crippen LogP contribution in [0.2, 0.25) is 5.02 Å². The van der Waals surface area contributed by atoms with Gasteiger partial charge in [-0.25, -0.2) is 9.97 Å². The van der Waals surface area contributed by atoms with Gasteiger partial charge in [-0.2, -0.15) is 0 Å². The Morgan fingerprint density at radius 3 is 2.48 bits per heavy atom. The van der Waals surface area contributed by atoms with Crippen LogP contribution in [0.25, 0.3) is 10.9 Å². The van der Waals surface area contributed by atoms with Gasteiger partial charge >= 0.3 is 0 Å². The number of hydrogen-bond donors (Lipinski definition) is 2. The first-order valence-corrected chi connectivity index (χ1v) is 9.02. The van der Waals surface area contributed by atoms with Gasteiger partial charge in [-0.05, 0) is 36.8 Å². The molecule has 0 spiro atoms. The lowest BCUT2D eigenvalue weighted by Crippen LogP contribution is -2.14. The van der Waals surface area contributed by atoms with Crippen LogP contribution in [-0.2, 0) is 0 Å². The average Bonchev–Trinajstić information content (AvgIpc) is 2.69. The summed E-state index contributed by atoms with van der Waals surface area (Å²) >= 11 is 6.47. The molecule has 0 aliphatic heterocycles. The predicted molar refractivity (Wildman–Crippen MR) is 109 cm³/mol. The van der Waals surface area contributed by atoms with Crippen LogP contribution in [0.3, 0.4) is 0 Å². The molecule has 1 atom stereocenters. The molecule has 4 rings (SSSR count). The molecule has 0 unspecified atom stereocenters. The highest BCUT2D eigenvalue weighted by molar-refractivity contribution is 6.31. The highest BCUT2D eigenvalue weighted by atomic mass is 35.5. The zero-order valence-electron chi connectivity index (χ0n) is 14.7. The Kier molecular flexibility index (Phi) is 4.65. The van der Waals surface area contributed by atoms with E-state index in [1.165, 1.54) is 0 Å². The first-order chi connectivity index (χ1) is 13.1. The third kappa shape index (κ3) is 3.44. The first kappa shape index (κ1) is 17.3. The topological polar surface area (TPSA) is 58.0 Å². The average molecular weight is 376 g/mol. The minimum absolute atomic E-state index is 0.143. The number of nitrogens with zero attached hydrogens (tertiary/aromatic N) is 2. The smallest absolute Gasteiger partial charge is 0.147 e. The zero-order valence-corrected chi connectivity index (χ0v) is 15.5. The third-order valence-electron chi connectivity index (χ3n) is 4.49. The highest BCUT2D eigenvalue weighted by Gasteiger charge is 2.22. The largest absolute Gasteiger partial charge is 0.505 e. The van der Waals surface area contributed by atoms with Gasteiger partial charge in [0.1, 0.15) is 17.1 Å². The molecule has 0 aliphatic carbocycles. The standard InChI is InChI=1S/C22H18ClN3O/c1-14-9-10-15-11-12-17(22(27)20(15)25-14)21(16-6-2-3-7-18(16)23)26-19-8-4-5-13-24-19/h2-13,21,27H,1H3,(H,24,26)/t21-/m1/s1. The normalized spacial score (nSPS) is 12.1. The molecule has 0 fully saturated rings. The van der Waals surface area contributed by atoms with E-state index in [0.717, 1.165) is 16.6 Å². The Labute approximate surface area is 162 Å². The van der Waals surface area contributed by atoms with Crippen LogP contribution in [0.5, 0.6) is 5.75 Å². The molecule has 0 bridgehead atoms. The number of rotatable bonds is 4. The number of phenolic OH excluding ortho intramolecular Hbond substituents is 1. The Balaban J connectivity index is 1.89. The van der Waals surface area contributed by atoms with Gasteiger partial charge in [-0.1, -0.05) is 54.1 Å². The third-order valence-corrected chi connectivity index (χ3v) is 4.83. The molecule has 2 heterocycles. The Morgan fingerprint density at radius 1 is 0.926 bits per heavy atom. The van der Waals surface area contributed by atoms with Gasteiger partial charge in [0.2, 0.25) is 0 Å². The quantitative estimate of drug-likeness (QED) is 0.494. The van der Waals surface area contributed by atoms with Crippen molar-refractivity contribution >= 4 is 28.3 Å². The minimum atomic E-state index is -0.375. The molecule has 0 saturated heterocycles. The van der Waals surface area contributed by atoms with Crippen molar-refractivity contribution in [1.82, 2.24) is 9.97 Å². The molecule has 2 aromatic heterocycles. The molecule has 5 heteroatoms. The number of phenols is 1. The van der Waals surface area contributed by atoms with Crippen LogP contribution < -0.4 is 5.32 Å². The van der Waals surface area contributed by atoms with E-state index in [1.807, 2.05) is 73.7 Å². The summed E-state index contributed by atoms with van der Waals surface area (Å²) in [6.07, 6.45) is 1.72. The number of hydrogen-bond acceptors (Lipinski definition) is 4. The summed E-state index contributed by atoms with van der Waals surface area (Å²) in [5.41, 5.74) is 2.97. The van der Waals surface area contributed by atoms with Gasteiger partial charge in [0.15, 0.2) is 0 Å². The molecule has 0 aliphatic rings. The molecule has 2 aromatic carbocycles. The van der Waals surface area contributed by atoms with E-state index in [9.17, 15) is 5.11 Å². The molecule has 0 saturated carbocycles. The number of benzene rings is 2. The van der Waals surface area contributed by atoms with Gasteiger partial charge < -0.3 is 10.4 Å². The van der Waals surface area contributed by atoms with Crippen LogP contribution >= 0.6 is 11.6 Å². The number of nitrogens with one attached hydrogen (secondary N) is 1. The van der Waals surface area contributed by atoms with E-state index in [-0.39, 0.29) is 11.8 Å². The van der Waals surface area contributed by atoms with Crippen molar-refractivity contribution in [3.05, 3.63) is 94.8 Å². The molecule has 4 nitrogen and oxygen atoms in total. The second-order valence-electron chi connectivity index (χ2n) is 6.34. The highest BCUT2D eigenvalue weighted by Crippen LogP contribution is 2.38. The summed E-state index contributed by atoms with van der Waals surface area (Å²) in [5.74, 6) is 0.837. The Morgan fingerprint density at radius 2 is 1.70 bits per heavy atom. The first-order valence-electron chi connectivity index (χ1n) is 8.65. The fourth-order valence-electron chi connectivity index (χ4n) is 3.15. The molecule has 4 aromatic rings. The number of halogens is 1. The number of fused-ring (bicyclic) bond motifs is 1. The van der Waals surface area contributed by atoms with Crippen molar-refractivity contribution in [2.24, 2.45) is 0 Å². The number of aromatic nitrogens is 2. The molecule has 2 N–H and O–H groups in total. The van der Waals surface area contributed by atoms with Crippen LogP contribution in [0, 0.1) is 6.92 Å². The SMILES string of the molecule is Cc1ccc2ccc([C@H](Nc3ccccn3)c3ccccc3Cl)c(O)c2n1. The number of aromatic hydroxyl groups is 1. The second kappa shape index (κ2) is 7.25. The molecule has 134 valence electrons. The lowest BCUT2D eigenvalue weighted by molar-refractivity contribution is 0.471. The maximum absolute atomic E-state index is 11.0. The van der Waals surface area contributed by atoms with Gasteiger partial charge in [0, 0.05) is 27.9 Å². The molecule has 0 radical (unpaired) electrons. The second-order valence-corrected chi connectivity index (χ2v) is 6.75. The van der Waals surface area contributed by atoms with Crippen LogP contribution in [0.4, 0.5) is 5.82 Å². The maximum Gasteiger partial charge on any atom is 0.147 e. The van der Waals surface area contributed by atoms with Gasteiger partial charge in [0.05, 0.1) is 6.04 Å². The number of anilines is 1.